The normalized spacial score (nSPS) is 17.8. The van der Waals surface area contributed by atoms with Crippen LogP contribution in [0.4, 0.5) is 5.69 Å². The summed E-state index contributed by atoms with van der Waals surface area (Å²) >= 11 is 0. The van der Waals surface area contributed by atoms with Gasteiger partial charge in [-0.2, -0.15) is 5.10 Å². The van der Waals surface area contributed by atoms with E-state index in [1.807, 2.05) is 27.8 Å². The number of carbonyl (C=O) groups is 1. The van der Waals surface area contributed by atoms with E-state index in [0.29, 0.717) is 6.04 Å². The summed E-state index contributed by atoms with van der Waals surface area (Å²) in [6.07, 6.45) is 3.51. The molecule has 0 radical (unpaired) electrons. The second-order valence-corrected chi connectivity index (χ2v) is 7.69. The third kappa shape index (κ3) is 3.70. The molecule has 0 aliphatic carbocycles. The van der Waals surface area contributed by atoms with Gasteiger partial charge in [0, 0.05) is 24.8 Å². The molecule has 1 N–H and O–H groups in total. The largest absolute Gasteiger partial charge is 0.380 e. The highest BCUT2D eigenvalue weighted by atomic mass is 16.2. The molecule has 0 bridgehead atoms. The number of benzene rings is 1. The highest BCUT2D eigenvalue weighted by Crippen LogP contribution is 2.23. The molecular formula is C20H28N4O. The van der Waals surface area contributed by atoms with Gasteiger partial charge in [0.25, 0.3) is 5.91 Å². The molecule has 0 spiro atoms. The van der Waals surface area contributed by atoms with Crippen LogP contribution in [0, 0.1) is 0 Å². The fourth-order valence-electron chi connectivity index (χ4n) is 3.47. The second kappa shape index (κ2) is 6.90. The van der Waals surface area contributed by atoms with Crippen molar-refractivity contribution < 1.29 is 4.79 Å². The molecular weight excluding hydrogens is 312 g/mol. The summed E-state index contributed by atoms with van der Waals surface area (Å²) < 4.78 is 1.98. The molecule has 1 aromatic heterocycles. The molecule has 1 aliphatic heterocycles. The molecule has 5 heteroatoms. The van der Waals surface area contributed by atoms with Crippen molar-refractivity contribution in [3.63, 3.8) is 0 Å². The molecule has 1 aromatic carbocycles. The Morgan fingerprint density at radius 2 is 2.00 bits per heavy atom. The fraction of sp³-hybridized carbons (Fsp3) is 0.500. The number of anilines is 1. The van der Waals surface area contributed by atoms with Crippen LogP contribution in [-0.2, 0) is 12.0 Å². The van der Waals surface area contributed by atoms with Gasteiger partial charge < -0.3 is 10.2 Å². The van der Waals surface area contributed by atoms with E-state index in [4.69, 9.17) is 0 Å². The SMILES string of the molecule is CCc1c(C(=O)N2CC[C@H](Nc3ccccc3)C2)cnn1C(C)(C)C. The third-order valence-electron chi connectivity index (χ3n) is 4.69. The summed E-state index contributed by atoms with van der Waals surface area (Å²) in [6.45, 7) is 9.94. The number of aromatic nitrogens is 2. The van der Waals surface area contributed by atoms with Crippen molar-refractivity contribution in [1.29, 1.82) is 0 Å². The summed E-state index contributed by atoms with van der Waals surface area (Å²) in [5.74, 6) is 0.102. The quantitative estimate of drug-likeness (QED) is 0.926. The Kier molecular flexibility index (Phi) is 4.84. The van der Waals surface area contributed by atoms with Gasteiger partial charge in [-0.1, -0.05) is 25.1 Å². The van der Waals surface area contributed by atoms with E-state index < -0.39 is 0 Å². The first-order chi connectivity index (χ1) is 11.9. The number of rotatable bonds is 4. The van der Waals surface area contributed by atoms with E-state index in [1.54, 1.807) is 6.20 Å². The minimum absolute atomic E-state index is 0.102. The Morgan fingerprint density at radius 1 is 1.28 bits per heavy atom. The molecule has 1 amide bonds. The van der Waals surface area contributed by atoms with Gasteiger partial charge in [0.1, 0.15) is 0 Å². The number of carbonyl (C=O) groups excluding carboxylic acids is 1. The van der Waals surface area contributed by atoms with Crippen LogP contribution in [0.25, 0.3) is 0 Å². The molecule has 0 unspecified atom stereocenters. The molecule has 3 rings (SSSR count). The molecule has 25 heavy (non-hydrogen) atoms. The van der Waals surface area contributed by atoms with Gasteiger partial charge >= 0.3 is 0 Å². The average Bonchev–Trinajstić information content (AvgIpc) is 3.21. The van der Waals surface area contributed by atoms with Crippen molar-refractivity contribution in [2.45, 2.75) is 52.1 Å². The second-order valence-electron chi connectivity index (χ2n) is 7.69. The van der Waals surface area contributed by atoms with Crippen LogP contribution in [0.15, 0.2) is 36.5 Å². The van der Waals surface area contributed by atoms with Crippen molar-refractivity contribution in [3.05, 3.63) is 47.8 Å². The third-order valence-corrected chi connectivity index (χ3v) is 4.69. The van der Waals surface area contributed by atoms with Gasteiger partial charge in [-0.15, -0.1) is 0 Å². The van der Waals surface area contributed by atoms with Crippen molar-refractivity contribution in [2.75, 3.05) is 18.4 Å². The Morgan fingerprint density at radius 3 is 2.64 bits per heavy atom. The zero-order valence-electron chi connectivity index (χ0n) is 15.6. The first-order valence-corrected chi connectivity index (χ1v) is 9.08. The van der Waals surface area contributed by atoms with Crippen LogP contribution in [0.2, 0.25) is 0 Å². The maximum atomic E-state index is 13.0. The Labute approximate surface area is 150 Å². The lowest BCUT2D eigenvalue weighted by Crippen LogP contribution is -2.32. The standard InChI is InChI=1S/C20H28N4O/c1-5-18-17(13-21-24(18)20(2,3)4)19(25)23-12-11-16(14-23)22-15-9-7-6-8-10-15/h6-10,13,16,22H,5,11-12,14H2,1-4H3/t16-/m0/s1. The Bertz CT molecular complexity index is 730. The van der Waals surface area contributed by atoms with Gasteiger partial charge in [-0.3, -0.25) is 9.48 Å². The summed E-state index contributed by atoms with van der Waals surface area (Å²) in [6, 6.07) is 10.5. The highest BCUT2D eigenvalue weighted by molar-refractivity contribution is 5.95. The summed E-state index contributed by atoms with van der Waals surface area (Å²) in [4.78, 5) is 15.0. The first-order valence-electron chi connectivity index (χ1n) is 9.08. The molecule has 1 fully saturated rings. The number of nitrogens with zero attached hydrogens (tertiary/aromatic N) is 3. The Balaban J connectivity index is 1.71. The number of amides is 1. The number of hydrogen-bond acceptors (Lipinski definition) is 3. The minimum Gasteiger partial charge on any atom is -0.380 e. The topological polar surface area (TPSA) is 50.2 Å². The first kappa shape index (κ1) is 17.5. The number of hydrogen-bond donors (Lipinski definition) is 1. The minimum atomic E-state index is -0.119. The molecule has 2 aromatic rings. The lowest BCUT2D eigenvalue weighted by atomic mass is 10.1. The highest BCUT2D eigenvalue weighted by Gasteiger charge is 2.30. The van der Waals surface area contributed by atoms with E-state index in [0.717, 1.165) is 42.9 Å². The monoisotopic (exact) mass is 340 g/mol. The van der Waals surface area contributed by atoms with E-state index in [9.17, 15) is 4.79 Å². The van der Waals surface area contributed by atoms with Crippen LogP contribution in [-0.4, -0.2) is 39.7 Å². The van der Waals surface area contributed by atoms with Crippen LogP contribution < -0.4 is 5.32 Å². The van der Waals surface area contributed by atoms with Crippen molar-refractivity contribution in [3.8, 4) is 0 Å². The number of likely N-dealkylation sites (tertiary alicyclic amines) is 1. The summed E-state index contributed by atoms with van der Waals surface area (Å²) in [7, 11) is 0. The molecule has 134 valence electrons. The zero-order chi connectivity index (χ0) is 18.0. The van der Waals surface area contributed by atoms with Crippen molar-refractivity contribution in [2.24, 2.45) is 0 Å². The predicted octanol–water partition coefficient (Wildman–Crippen LogP) is 3.53. The van der Waals surface area contributed by atoms with Gasteiger partial charge in [-0.25, -0.2) is 0 Å². The molecule has 1 aliphatic rings. The zero-order valence-corrected chi connectivity index (χ0v) is 15.6. The Hall–Kier alpha value is -2.30. The van der Waals surface area contributed by atoms with Gasteiger partial charge in [0.2, 0.25) is 0 Å². The van der Waals surface area contributed by atoms with Crippen LogP contribution in [0.1, 0.15) is 50.2 Å². The van der Waals surface area contributed by atoms with Gasteiger partial charge in [0.15, 0.2) is 0 Å². The number of nitrogens with one attached hydrogen (secondary N) is 1. The lowest BCUT2D eigenvalue weighted by Gasteiger charge is -2.23. The lowest BCUT2D eigenvalue weighted by molar-refractivity contribution is 0.0790. The van der Waals surface area contributed by atoms with Crippen LogP contribution in [0.3, 0.4) is 0 Å². The predicted molar refractivity (Wildman–Crippen MR) is 101 cm³/mol. The maximum absolute atomic E-state index is 13.0. The molecule has 2 heterocycles. The van der Waals surface area contributed by atoms with E-state index >= 15 is 0 Å². The molecule has 0 saturated carbocycles. The molecule has 1 atom stereocenters. The van der Waals surface area contributed by atoms with Gasteiger partial charge in [0.05, 0.1) is 23.0 Å². The van der Waals surface area contributed by atoms with E-state index in [-0.39, 0.29) is 11.4 Å². The van der Waals surface area contributed by atoms with E-state index in [1.165, 1.54) is 0 Å². The van der Waals surface area contributed by atoms with Crippen LogP contribution >= 0.6 is 0 Å². The molecule has 5 nitrogen and oxygen atoms in total. The maximum Gasteiger partial charge on any atom is 0.257 e. The average molecular weight is 340 g/mol. The smallest absolute Gasteiger partial charge is 0.257 e. The summed E-state index contributed by atoms with van der Waals surface area (Å²) in [5.41, 5.74) is 2.76. The van der Waals surface area contributed by atoms with Gasteiger partial charge in [-0.05, 0) is 45.7 Å². The number of para-hydroxylation sites is 1. The van der Waals surface area contributed by atoms with Crippen LogP contribution in [0.5, 0.6) is 0 Å². The van der Waals surface area contributed by atoms with Crippen molar-refractivity contribution in [1.82, 2.24) is 14.7 Å². The van der Waals surface area contributed by atoms with E-state index in [2.05, 4.69) is 50.2 Å². The summed E-state index contributed by atoms with van der Waals surface area (Å²) in [5, 5.41) is 8.01. The van der Waals surface area contributed by atoms with Crippen molar-refractivity contribution >= 4 is 11.6 Å². The molecule has 1 saturated heterocycles. The fourth-order valence-corrected chi connectivity index (χ4v) is 3.47.